The molecule has 4 rings (SSSR count). The standard InChI is InChI=1S/C22H26F3N5O3/c23-22(24,25)18-14-16(6-9-19(18)30(31)32)27-15-4-7-17(8-5-15)33-21-3-1-2-20(28-21)29-12-10-26-11-13-29/h1-3,6,9,14-15,17,26-27H,4-5,7-8,10-13H2. The zero-order valence-corrected chi connectivity index (χ0v) is 18.0. The molecular formula is C22H26F3N5O3. The van der Waals surface area contributed by atoms with Gasteiger partial charge in [-0.05, 0) is 43.9 Å². The highest BCUT2D eigenvalue weighted by molar-refractivity contribution is 5.55. The molecule has 0 radical (unpaired) electrons. The average molecular weight is 465 g/mol. The topological polar surface area (TPSA) is 92.6 Å². The second-order valence-electron chi connectivity index (χ2n) is 8.29. The summed E-state index contributed by atoms with van der Waals surface area (Å²) in [6, 6.07) is 8.74. The maximum atomic E-state index is 13.2. The van der Waals surface area contributed by atoms with Crippen LogP contribution >= 0.6 is 0 Å². The highest BCUT2D eigenvalue weighted by Crippen LogP contribution is 2.38. The van der Waals surface area contributed by atoms with Gasteiger partial charge in [0.25, 0.3) is 5.69 Å². The number of hydrogen-bond acceptors (Lipinski definition) is 7. The summed E-state index contributed by atoms with van der Waals surface area (Å²) in [6.45, 7) is 3.63. The Hall–Kier alpha value is -3.08. The largest absolute Gasteiger partial charge is 0.474 e. The molecule has 178 valence electrons. The van der Waals surface area contributed by atoms with Crippen molar-refractivity contribution in [2.45, 2.75) is 44.0 Å². The second kappa shape index (κ2) is 9.82. The van der Waals surface area contributed by atoms with E-state index in [1.54, 1.807) is 0 Å². The number of nitro groups is 1. The molecule has 11 heteroatoms. The maximum Gasteiger partial charge on any atom is 0.423 e. The van der Waals surface area contributed by atoms with Crippen molar-refractivity contribution in [1.29, 1.82) is 0 Å². The fourth-order valence-corrected chi connectivity index (χ4v) is 4.28. The third-order valence-corrected chi connectivity index (χ3v) is 5.98. The van der Waals surface area contributed by atoms with Crippen molar-refractivity contribution in [2.24, 2.45) is 0 Å². The van der Waals surface area contributed by atoms with Crippen LogP contribution in [0.4, 0.5) is 30.4 Å². The van der Waals surface area contributed by atoms with Crippen LogP contribution in [0.15, 0.2) is 36.4 Å². The lowest BCUT2D eigenvalue weighted by molar-refractivity contribution is -0.388. The molecule has 1 saturated heterocycles. The van der Waals surface area contributed by atoms with E-state index >= 15 is 0 Å². The third-order valence-electron chi connectivity index (χ3n) is 5.98. The summed E-state index contributed by atoms with van der Waals surface area (Å²) >= 11 is 0. The minimum atomic E-state index is -4.79. The van der Waals surface area contributed by atoms with E-state index < -0.39 is 22.4 Å². The van der Waals surface area contributed by atoms with Gasteiger partial charge in [0.05, 0.1) is 4.92 Å². The third kappa shape index (κ3) is 5.84. The number of pyridine rings is 1. The predicted octanol–water partition coefficient (Wildman–Crippen LogP) is 4.22. The van der Waals surface area contributed by atoms with Gasteiger partial charge in [-0.2, -0.15) is 18.2 Å². The molecule has 2 fully saturated rings. The van der Waals surface area contributed by atoms with E-state index in [2.05, 4.69) is 20.5 Å². The SMILES string of the molecule is O=[N+]([O-])c1ccc(NC2CCC(Oc3cccc(N4CCNCC4)n3)CC2)cc1C(F)(F)F. The average Bonchev–Trinajstić information content (AvgIpc) is 2.80. The normalized spacial score (nSPS) is 21.5. The minimum Gasteiger partial charge on any atom is -0.474 e. The number of aromatic nitrogens is 1. The van der Waals surface area contributed by atoms with Crippen molar-refractivity contribution in [1.82, 2.24) is 10.3 Å². The molecule has 1 aromatic carbocycles. The Balaban J connectivity index is 1.33. The van der Waals surface area contributed by atoms with Crippen LogP contribution in [0.5, 0.6) is 5.88 Å². The van der Waals surface area contributed by atoms with Crippen LogP contribution < -0.4 is 20.3 Å². The van der Waals surface area contributed by atoms with Crippen molar-refractivity contribution >= 4 is 17.2 Å². The van der Waals surface area contributed by atoms with Gasteiger partial charge in [-0.15, -0.1) is 0 Å². The van der Waals surface area contributed by atoms with E-state index in [9.17, 15) is 23.3 Å². The fraction of sp³-hybridized carbons (Fsp3) is 0.500. The first-order valence-corrected chi connectivity index (χ1v) is 11.0. The molecule has 2 aromatic rings. The van der Waals surface area contributed by atoms with Crippen LogP contribution in [0.25, 0.3) is 0 Å². The summed E-state index contributed by atoms with van der Waals surface area (Å²) in [7, 11) is 0. The molecule has 1 aliphatic heterocycles. The number of nitrogens with one attached hydrogen (secondary N) is 2. The zero-order valence-electron chi connectivity index (χ0n) is 18.0. The molecule has 33 heavy (non-hydrogen) atoms. The molecule has 1 aromatic heterocycles. The summed E-state index contributed by atoms with van der Waals surface area (Å²) in [6.07, 6.45) is -1.93. The quantitative estimate of drug-likeness (QED) is 0.487. The summed E-state index contributed by atoms with van der Waals surface area (Å²) in [4.78, 5) is 16.8. The number of benzene rings is 1. The first kappa shape index (κ1) is 23.1. The molecule has 0 atom stereocenters. The van der Waals surface area contributed by atoms with Crippen LogP contribution in [-0.4, -0.2) is 48.2 Å². The molecule has 2 N–H and O–H groups in total. The van der Waals surface area contributed by atoms with E-state index in [0.717, 1.165) is 57.0 Å². The zero-order chi connectivity index (χ0) is 23.4. The Kier molecular flexibility index (Phi) is 6.87. The number of ether oxygens (including phenoxy) is 1. The van der Waals surface area contributed by atoms with Gasteiger partial charge in [0.2, 0.25) is 5.88 Å². The Morgan fingerprint density at radius 3 is 2.52 bits per heavy atom. The minimum absolute atomic E-state index is 0.0172. The van der Waals surface area contributed by atoms with Gasteiger partial charge in [0.1, 0.15) is 17.5 Å². The Morgan fingerprint density at radius 1 is 1.12 bits per heavy atom. The van der Waals surface area contributed by atoms with Gasteiger partial charge in [0.15, 0.2) is 0 Å². The fourth-order valence-electron chi connectivity index (χ4n) is 4.28. The van der Waals surface area contributed by atoms with Crippen LogP contribution in [0.3, 0.4) is 0 Å². The van der Waals surface area contributed by atoms with E-state index in [4.69, 9.17) is 4.74 Å². The second-order valence-corrected chi connectivity index (χ2v) is 8.29. The van der Waals surface area contributed by atoms with Gasteiger partial charge in [0, 0.05) is 50.0 Å². The first-order chi connectivity index (χ1) is 15.8. The van der Waals surface area contributed by atoms with Crippen LogP contribution in [0.1, 0.15) is 31.2 Å². The molecule has 8 nitrogen and oxygen atoms in total. The number of nitro benzene ring substituents is 1. The summed E-state index contributed by atoms with van der Waals surface area (Å²) in [5.41, 5.74) is -1.96. The van der Waals surface area contributed by atoms with E-state index in [1.807, 2.05) is 18.2 Å². The Labute approximate surface area is 189 Å². The van der Waals surface area contributed by atoms with Gasteiger partial charge >= 0.3 is 6.18 Å². The lowest BCUT2D eigenvalue weighted by atomic mass is 9.92. The van der Waals surface area contributed by atoms with Gasteiger partial charge in [-0.1, -0.05) is 6.07 Å². The summed E-state index contributed by atoms with van der Waals surface area (Å²) in [5, 5.41) is 17.3. The number of nitrogens with zero attached hydrogens (tertiary/aromatic N) is 3. The molecule has 2 aliphatic rings. The first-order valence-electron chi connectivity index (χ1n) is 11.0. The monoisotopic (exact) mass is 465 g/mol. The van der Waals surface area contributed by atoms with Crippen molar-refractivity contribution in [3.63, 3.8) is 0 Å². The number of anilines is 2. The molecule has 0 bridgehead atoms. The van der Waals surface area contributed by atoms with Gasteiger partial charge < -0.3 is 20.3 Å². The van der Waals surface area contributed by atoms with E-state index in [-0.39, 0.29) is 17.8 Å². The van der Waals surface area contributed by atoms with Crippen LogP contribution in [0, 0.1) is 10.1 Å². The Morgan fingerprint density at radius 2 is 1.85 bits per heavy atom. The molecule has 1 aliphatic carbocycles. The lowest BCUT2D eigenvalue weighted by Crippen LogP contribution is -2.43. The van der Waals surface area contributed by atoms with Crippen molar-refractivity contribution in [2.75, 3.05) is 36.4 Å². The molecule has 0 spiro atoms. The predicted molar refractivity (Wildman–Crippen MR) is 118 cm³/mol. The van der Waals surface area contributed by atoms with E-state index in [1.165, 1.54) is 6.07 Å². The lowest BCUT2D eigenvalue weighted by Gasteiger charge is -2.31. The van der Waals surface area contributed by atoms with E-state index in [0.29, 0.717) is 18.7 Å². The van der Waals surface area contributed by atoms with Crippen LogP contribution in [-0.2, 0) is 6.18 Å². The van der Waals surface area contributed by atoms with Gasteiger partial charge in [-0.25, -0.2) is 0 Å². The molecule has 2 heterocycles. The van der Waals surface area contributed by atoms with Crippen LogP contribution in [0.2, 0.25) is 0 Å². The summed E-state index contributed by atoms with van der Waals surface area (Å²) in [5.74, 6) is 1.47. The molecule has 0 amide bonds. The molecule has 1 saturated carbocycles. The maximum absolute atomic E-state index is 13.2. The highest BCUT2D eigenvalue weighted by atomic mass is 19.4. The van der Waals surface area contributed by atoms with Gasteiger partial charge in [-0.3, -0.25) is 10.1 Å². The number of hydrogen-bond donors (Lipinski definition) is 2. The number of halogens is 3. The van der Waals surface area contributed by atoms with Crippen molar-refractivity contribution in [3.8, 4) is 5.88 Å². The van der Waals surface area contributed by atoms with Crippen molar-refractivity contribution < 1.29 is 22.8 Å². The highest BCUT2D eigenvalue weighted by Gasteiger charge is 2.38. The smallest absolute Gasteiger partial charge is 0.423 e. The number of rotatable bonds is 6. The summed E-state index contributed by atoms with van der Waals surface area (Å²) < 4.78 is 45.7. The van der Waals surface area contributed by atoms with Crippen molar-refractivity contribution in [3.05, 3.63) is 52.1 Å². The number of alkyl halides is 3. The number of piperazine rings is 1. The molecular weight excluding hydrogens is 439 g/mol. The molecule has 0 unspecified atom stereocenters. The Bertz CT molecular complexity index is 974.